The number of nitrogens with zero attached hydrogens (tertiary/aromatic N) is 4. The van der Waals surface area contributed by atoms with Gasteiger partial charge in [0, 0.05) is 18.8 Å². The molecule has 0 unspecified atom stereocenters. The van der Waals surface area contributed by atoms with Gasteiger partial charge in [0.25, 0.3) is 0 Å². The first-order valence-corrected chi connectivity index (χ1v) is 12.4. The summed E-state index contributed by atoms with van der Waals surface area (Å²) in [5, 5.41) is 15.1. The smallest absolute Gasteiger partial charge is 0.232 e. The Morgan fingerprint density at radius 3 is 2.79 bits per heavy atom. The first kappa shape index (κ1) is 20.3. The molecule has 2 atom stereocenters. The molecule has 1 saturated carbocycles. The summed E-state index contributed by atoms with van der Waals surface area (Å²) in [5.74, 6) is 1.53. The third-order valence-electron chi connectivity index (χ3n) is 7.19. The molecule has 1 spiro atoms. The van der Waals surface area contributed by atoms with Crippen LogP contribution in [0.3, 0.4) is 0 Å². The molecule has 3 aliphatic rings. The molecule has 170 valence electrons. The van der Waals surface area contributed by atoms with Gasteiger partial charge in [-0.2, -0.15) is 0 Å². The lowest BCUT2D eigenvalue weighted by Gasteiger charge is -2.52. The molecule has 33 heavy (non-hydrogen) atoms. The van der Waals surface area contributed by atoms with Gasteiger partial charge in [-0.15, -0.1) is 0 Å². The Morgan fingerprint density at radius 1 is 1.24 bits per heavy atom. The van der Waals surface area contributed by atoms with Crippen molar-refractivity contribution in [1.82, 2.24) is 25.3 Å². The second-order valence-electron chi connectivity index (χ2n) is 9.19. The minimum Gasteiger partial charge on any atom is -0.480 e. The molecular formula is C22H23N7O3S. The van der Waals surface area contributed by atoms with Crippen LogP contribution in [0.5, 0.6) is 5.88 Å². The second-order valence-corrected chi connectivity index (χ2v) is 11.6. The van der Waals surface area contributed by atoms with Crippen molar-refractivity contribution in [2.24, 2.45) is 5.92 Å². The predicted molar refractivity (Wildman–Crippen MR) is 123 cm³/mol. The third-order valence-corrected chi connectivity index (χ3v) is 9.89. The molecule has 0 aromatic carbocycles. The number of methoxy groups -OCH3 is 1. The molecule has 1 aliphatic heterocycles. The van der Waals surface area contributed by atoms with Crippen LogP contribution in [0.1, 0.15) is 30.9 Å². The van der Waals surface area contributed by atoms with Gasteiger partial charge in [-0.3, -0.25) is 5.41 Å². The lowest BCUT2D eigenvalue weighted by Crippen LogP contribution is -2.70. The highest BCUT2D eigenvalue weighted by Crippen LogP contribution is 2.51. The van der Waals surface area contributed by atoms with Crippen molar-refractivity contribution < 1.29 is 13.2 Å². The highest BCUT2D eigenvalue weighted by atomic mass is 32.2. The maximum Gasteiger partial charge on any atom is 0.232 e. The van der Waals surface area contributed by atoms with Gasteiger partial charge in [0.05, 0.1) is 30.1 Å². The van der Waals surface area contributed by atoms with Crippen molar-refractivity contribution in [3.8, 4) is 5.88 Å². The normalized spacial score (nSPS) is 27.5. The van der Waals surface area contributed by atoms with E-state index in [1.807, 2.05) is 6.07 Å². The van der Waals surface area contributed by atoms with E-state index >= 15 is 0 Å². The average molecular weight is 466 g/mol. The second kappa shape index (κ2) is 6.60. The topological polar surface area (TPSA) is 143 Å². The van der Waals surface area contributed by atoms with Gasteiger partial charge >= 0.3 is 0 Å². The molecule has 0 amide bonds. The van der Waals surface area contributed by atoms with Crippen LogP contribution in [0, 0.1) is 11.3 Å². The van der Waals surface area contributed by atoms with Gasteiger partial charge in [0.1, 0.15) is 21.9 Å². The minimum atomic E-state index is -3.50. The molecule has 2 fully saturated rings. The molecule has 1 saturated heterocycles. The van der Waals surface area contributed by atoms with Crippen LogP contribution in [-0.2, 0) is 21.8 Å². The summed E-state index contributed by atoms with van der Waals surface area (Å²) in [5.41, 5.74) is 2.22. The molecule has 3 aromatic rings. The summed E-state index contributed by atoms with van der Waals surface area (Å²) in [6.45, 7) is 1.70. The van der Waals surface area contributed by atoms with Crippen LogP contribution in [0.2, 0.25) is 0 Å². The molecule has 0 radical (unpaired) electrons. The van der Waals surface area contributed by atoms with Crippen LogP contribution >= 0.6 is 0 Å². The number of hydrogen-bond acceptors (Lipinski definition) is 9. The number of pyridine rings is 2. The molecule has 4 heterocycles. The highest BCUT2D eigenvalue weighted by molar-refractivity contribution is 7.93. The number of ether oxygens (including phenoxy) is 1. The quantitative estimate of drug-likeness (QED) is 0.528. The minimum absolute atomic E-state index is 0.0242. The highest BCUT2D eigenvalue weighted by Gasteiger charge is 2.62. The summed E-state index contributed by atoms with van der Waals surface area (Å²) in [6, 6.07) is 3.58. The monoisotopic (exact) mass is 465 g/mol. The zero-order valence-electron chi connectivity index (χ0n) is 18.2. The maximum atomic E-state index is 13.3. The summed E-state index contributed by atoms with van der Waals surface area (Å²) < 4.78 is 30.7. The van der Waals surface area contributed by atoms with Gasteiger partial charge in [0.15, 0.2) is 15.7 Å². The van der Waals surface area contributed by atoms with Gasteiger partial charge in [-0.25, -0.2) is 28.4 Å². The van der Waals surface area contributed by atoms with Crippen LogP contribution in [0.4, 0.5) is 11.6 Å². The summed E-state index contributed by atoms with van der Waals surface area (Å²) in [7, 11) is -1.97. The number of hydrogen-bond donors (Lipinski definition) is 3. The summed E-state index contributed by atoms with van der Waals surface area (Å²) in [4.78, 5) is 17.6. The number of rotatable bonds is 4. The average Bonchev–Trinajstić information content (AvgIpc) is 3.63. The van der Waals surface area contributed by atoms with Crippen LogP contribution in [0.25, 0.3) is 11.0 Å². The van der Waals surface area contributed by atoms with Crippen molar-refractivity contribution in [2.75, 3.05) is 18.2 Å². The first-order valence-electron chi connectivity index (χ1n) is 10.8. The van der Waals surface area contributed by atoms with E-state index in [9.17, 15) is 8.42 Å². The zero-order chi connectivity index (χ0) is 23.0. The number of fused-ring (bicyclic) bond motifs is 3. The fourth-order valence-electron chi connectivity index (χ4n) is 5.05. The van der Waals surface area contributed by atoms with Gasteiger partial charge < -0.3 is 15.4 Å². The number of amidine groups is 1. The van der Waals surface area contributed by atoms with E-state index in [1.54, 1.807) is 25.4 Å². The molecule has 2 aliphatic carbocycles. The van der Waals surface area contributed by atoms with Crippen molar-refractivity contribution in [3.63, 3.8) is 0 Å². The Hall–Kier alpha value is -3.34. The van der Waals surface area contributed by atoms with E-state index in [0.29, 0.717) is 35.0 Å². The Bertz CT molecular complexity index is 1440. The Balaban J connectivity index is 1.34. The Labute approximate surface area is 190 Å². The number of nitrogens with one attached hydrogen (secondary N) is 3. The van der Waals surface area contributed by atoms with Gasteiger partial charge in [-0.05, 0) is 48.9 Å². The van der Waals surface area contributed by atoms with Crippen LogP contribution in [-0.4, -0.2) is 51.8 Å². The van der Waals surface area contributed by atoms with E-state index in [-0.39, 0.29) is 17.5 Å². The van der Waals surface area contributed by atoms with Crippen molar-refractivity contribution in [1.29, 1.82) is 5.41 Å². The molecule has 11 heteroatoms. The van der Waals surface area contributed by atoms with E-state index in [2.05, 4.69) is 30.6 Å². The Kier molecular flexibility index (Phi) is 4.05. The predicted octanol–water partition coefficient (Wildman–Crippen LogP) is 2.09. The van der Waals surface area contributed by atoms with Crippen LogP contribution in [0.15, 0.2) is 30.7 Å². The lowest BCUT2D eigenvalue weighted by molar-refractivity contribution is 0.349. The first-order chi connectivity index (χ1) is 15.8. The van der Waals surface area contributed by atoms with E-state index in [4.69, 9.17) is 10.1 Å². The fraction of sp³-hybridized carbons (Fsp3) is 0.409. The standard InChI is InChI=1S/C22H23N7O3S/c1-21(13-3-4-13)20(23)29-22(11-33(21,30)31)8-12-9-25-16(7-14(12)22)28-19-18-15(5-6-24-19)27-17(32-2)10-26-18/h5-7,9-10,13H,3-4,8,11H2,1-2H3,(H2,23,29)(H,24,25,28)/t21-,22-/m0/s1. The maximum absolute atomic E-state index is 13.3. The third kappa shape index (κ3) is 2.84. The van der Waals surface area contributed by atoms with Crippen LogP contribution < -0.4 is 15.4 Å². The van der Waals surface area contributed by atoms with Crippen molar-refractivity contribution >= 4 is 38.3 Å². The SMILES string of the molecule is COc1cnc2c(Nc3cc4c(cn3)C[C@]43CS(=O)(=O)[C@@](C)(C4CC4)C(=N)N3)nccc2n1. The lowest BCUT2D eigenvalue weighted by atomic mass is 9.72. The fourth-order valence-corrected chi connectivity index (χ4v) is 7.44. The molecule has 6 rings (SSSR count). The van der Waals surface area contributed by atoms with Gasteiger partial charge in [-0.1, -0.05) is 0 Å². The molecule has 10 nitrogen and oxygen atoms in total. The molecule has 0 bridgehead atoms. The van der Waals surface area contributed by atoms with E-state index < -0.39 is 20.1 Å². The molecule has 3 N–H and O–H groups in total. The van der Waals surface area contributed by atoms with Crippen molar-refractivity contribution in [3.05, 3.63) is 41.9 Å². The van der Waals surface area contributed by atoms with E-state index in [0.717, 1.165) is 24.0 Å². The van der Waals surface area contributed by atoms with Gasteiger partial charge in [0.2, 0.25) is 5.88 Å². The number of sulfone groups is 1. The largest absolute Gasteiger partial charge is 0.480 e. The summed E-state index contributed by atoms with van der Waals surface area (Å²) >= 11 is 0. The number of aromatic nitrogens is 4. The zero-order valence-corrected chi connectivity index (χ0v) is 19.0. The van der Waals surface area contributed by atoms with E-state index in [1.165, 1.54) is 13.3 Å². The molecular weight excluding hydrogens is 442 g/mol. The number of anilines is 2. The summed E-state index contributed by atoms with van der Waals surface area (Å²) in [6.07, 6.45) is 7.12. The van der Waals surface area contributed by atoms with Crippen molar-refractivity contribution in [2.45, 2.75) is 36.5 Å². The Morgan fingerprint density at radius 2 is 2.06 bits per heavy atom. The molecule has 3 aromatic heterocycles.